The second-order valence-corrected chi connectivity index (χ2v) is 4.18. The minimum atomic E-state index is -0.782. The van der Waals surface area contributed by atoms with Crippen LogP contribution in [0.5, 0.6) is 0 Å². The van der Waals surface area contributed by atoms with Crippen LogP contribution in [0.25, 0.3) is 0 Å². The molecule has 0 aliphatic carbocycles. The van der Waals surface area contributed by atoms with Crippen molar-refractivity contribution in [2.24, 2.45) is 0 Å². The molecular formula is C10H15NO2S. The summed E-state index contributed by atoms with van der Waals surface area (Å²) in [5.41, 5.74) is 0. The zero-order valence-electron chi connectivity index (χ0n) is 8.36. The molecule has 3 nitrogen and oxygen atoms in total. The van der Waals surface area contributed by atoms with Gasteiger partial charge in [0.05, 0.1) is 0 Å². The molecule has 14 heavy (non-hydrogen) atoms. The van der Waals surface area contributed by atoms with Gasteiger partial charge in [0.15, 0.2) is 0 Å². The third kappa shape index (κ3) is 2.82. The zero-order chi connectivity index (χ0) is 10.6. The summed E-state index contributed by atoms with van der Waals surface area (Å²) in [6.07, 6.45) is 0.602. The fourth-order valence-corrected chi connectivity index (χ4v) is 2.03. The summed E-state index contributed by atoms with van der Waals surface area (Å²) >= 11 is 1.64. The Morgan fingerprint density at radius 1 is 1.71 bits per heavy atom. The molecule has 2 N–H and O–H groups in total. The Bertz CT molecular complexity index is 284. The van der Waals surface area contributed by atoms with E-state index in [-0.39, 0.29) is 6.04 Å². The number of carbonyl (C=O) groups is 1. The Labute approximate surface area is 87.8 Å². The van der Waals surface area contributed by atoms with Crippen molar-refractivity contribution in [3.8, 4) is 0 Å². The summed E-state index contributed by atoms with van der Waals surface area (Å²) < 4.78 is 0. The lowest BCUT2D eigenvalue weighted by atomic mass is 10.2. The summed E-state index contributed by atoms with van der Waals surface area (Å²) in [6.45, 7) is 3.85. The molecule has 0 spiro atoms. The third-order valence-corrected chi connectivity index (χ3v) is 3.18. The summed E-state index contributed by atoms with van der Waals surface area (Å²) in [5.74, 6) is -0.782. The molecule has 0 aliphatic heterocycles. The van der Waals surface area contributed by atoms with Crippen molar-refractivity contribution in [3.63, 3.8) is 0 Å². The second-order valence-electron chi connectivity index (χ2n) is 3.20. The number of nitrogens with one attached hydrogen (secondary N) is 1. The number of hydrogen-bond acceptors (Lipinski definition) is 3. The number of rotatable bonds is 5. The van der Waals surface area contributed by atoms with Gasteiger partial charge in [-0.3, -0.25) is 10.1 Å². The molecule has 0 amide bonds. The smallest absolute Gasteiger partial charge is 0.320 e. The SMILES string of the molecule is CCC(N[C@H](C)c1cccs1)C(=O)O. The highest BCUT2D eigenvalue weighted by Gasteiger charge is 2.18. The van der Waals surface area contributed by atoms with Crippen LogP contribution in [0.2, 0.25) is 0 Å². The highest BCUT2D eigenvalue weighted by molar-refractivity contribution is 7.10. The number of aliphatic carboxylic acids is 1. The summed E-state index contributed by atoms with van der Waals surface area (Å²) in [5, 5.41) is 13.9. The van der Waals surface area contributed by atoms with Crippen LogP contribution in [-0.4, -0.2) is 17.1 Å². The van der Waals surface area contributed by atoms with Gasteiger partial charge < -0.3 is 5.11 Å². The van der Waals surface area contributed by atoms with Gasteiger partial charge in [0.25, 0.3) is 0 Å². The molecule has 0 saturated heterocycles. The molecule has 4 heteroatoms. The van der Waals surface area contributed by atoms with Gasteiger partial charge in [0.1, 0.15) is 6.04 Å². The second kappa shape index (κ2) is 5.12. The molecule has 0 saturated carbocycles. The van der Waals surface area contributed by atoms with Crippen molar-refractivity contribution in [2.75, 3.05) is 0 Å². The largest absolute Gasteiger partial charge is 0.480 e. The summed E-state index contributed by atoms with van der Waals surface area (Å²) in [6, 6.07) is 3.64. The summed E-state index contributed by atoms with van der Waals surface area (Å²) in [4.78, 5) is 11.9. The summed E-state index contributed by atoms with van der Waals surface area (Å²) in [7, 11) is 0. The first kappa shape index (κ1) is 11.2. The van der Waals surface area contributed by atoms with Crippen LogP contribution >= 0.6 is 11.3 Å². The third-order valence-electron chi connectivity index (χ3n) is 2.13. The average Bonchev–Trinajstić information content (AvgIpc) is 2.65. The standard InChI is InChI=1S/C10H15NO2S/c1-3-8(10(12)13)11-7(2)9-5-4-6-14-9/h4-8,11H,3H2,1-2H3,(H,12,13)/t7-,8?/m1/s1. The first-order valence-corrected chi connectivity index (χ1v) is 5.55. The van der Waals surface area contributed by atoms with E-state index in [0.29, 0.717) is 6.42 Å². The zero-order valence-corrected chi connectivity index (χ0v) is 9.17. The maximum Gasteiger partial charge on any atom is 0.320 e. The molecule has 0 fully saturated rings. The number of carboxylic acids is 1. The van der Waals surface area contributed by atoms with Crippen molar-refractivity contribution in [1.82, 2.24) is 5.32 Å². The average molecular weight is 213 g/mol. The van der Waals surface area contributed by atoms with Gasteiger partial charge in [-0.25, -0.2) is 0 Å². The van der Waals surface area contributed by atoms with Gasteiger partial charge in [-0.2, -0.15) is 0 Å². The van der Waals surface area contributed by atoms with Crippen LogP contribution in [-0.2, 0) is 4.79 Å². The van der Waals surface area contributed by atoms with Crippen molar-refractivity contribution >= 4 is 17.3 Å². The van der Waals surface area contributed by atoms with Crippen LogP contribution < -0.4 is 5.32 Å². The maximum atomic E-state index is 10.8. The maximum absolute atomic E-state index is 10.8. The van der Waals surface area contributed by atoms with Gasteiger partial charge in [-0.1, -0.05) is 13.0 Å². The lowest BCUT2D eigenvalue weighted by Gasteiger charge is -2.17. The Morgan fingerprint density at radius 3 is 2.86 bits per heavy atom. The van der Waals surface area contributed by atoms with E-state index in [4.69, 9.17) is 5.11 Å². The van der Waals surface area contributed by atoms with Crippen molar-refractivity contribution < 1.29 is 9.90 Å². The monoisotopic (exact) mass is 213 g/mol. The van der Waals surface area contributed by atoms with Crippen LogP contribution in [0.3, 0.4) is 0 Å². The molecule has 0 aromatic carbocycles. The first-order valence-electron chi connectivity index (χ1n) is 4.67. The van der Waals surface area contributed by atoms with Crippen LogP contribution in [0, 0.1) is 0 Å². The van der Waals surface area contributed by atoms with Crippen LogP contribution in [0.15, 0.2) is 17.5 Å². The van der Waals surface area contributed by atoms with Crippen molar-refractivity contribution in [3.05, 3.63) is 22.4 Å². The highest BCUT2D eigenvalue weighted by atomic mass is 32.1. The molecule has 1 unspecified atom stereocenters. The molecule has 0 radical (unpaired) electrons. The van der Waals surface area contributed by atoms with Crippen molar-refractivity contribution in [1.29, 1.82) is 0 Å². The van der Waals surface area contributed by atoms with E-state index in [0.717, 1.165) is 0 Å². The number of thiophene rings is 1. The minimum absolute atomic E-state index is 0.107. The highest BCUT2D eigenvalue weighted by Crippen LogP contribution is 2.18. The van der Waals surface area contributed by atoms with E-state index in [1.807, 2.05) is 31.4 Å². The van der Waals surface area contributed by atoms with E-state index in [1.54, 1.807) is 11.3 Å². The molecular weight excluding hydrogens is 198 g/mol. The van der Waals surface area contributed by atoms with E-state index in [1.165, 1.54) is 4.88 Å². The molecule has 1 heterocycles. The number of hydrogen-bond donors (Lipinski definition) is 2. The van der Waals surface area contributed by atoms with Gasteiger partial charge in [-0.15, -0.1) is 11.3 Å². The molecule has 2 atom stereocenters. The molecule has 1 aromatic rings. The van der Waals surface area contributed by atoms with Crippen LogP contribution in [0.4, 0.5) is 0 Å². The van der Waals surface area contributed by atoms with E-state index >= 15 is 0 Å². The Morgan fingerprint density at radius 2 is 2.43 bits per heavy atom. The van der Waals surface area contributed by atoms with E-state index in [2.05, 4.69) is 5.32 Å². The van der Waals surface area contributed by atoms with Gasteiger partial charge in [0.2, 0.25) is 0 Å². The molecule has 1 aromatic heterocycles. The topological polar surface area (TPSA) is 49.3 Å². The molecule has 0 bridgehead atoms. The Hall–Kier alpha value is -0.870. The first-order chi connectivity index (χ1) is 6.65. The molecule has 78 valence electrons. The normalized spacial score (nSPS) is 15.0. The van der Waals surface area contributed by atoms with E-state index < -0.39 is 12.0 Å². The fraction of sp³-hybridized carbons (Fsp3) is 0.500. The lowest BCUT2D eigenvalue weighted by molar-refractivity contribution is -0.139. The van der Waals surface area contributed by atoms with Crippen molar-refractivity contribution in [2.45, 2.75) is 32.4 Å². The lowest BCUT2D eigenvalue weighted by Crippen LogP contribution is -2.37. The predicted molar refractivity (Wildman–Crippen MR) is 57.6 cm³/mol. The van der Waals surface area contributed by atoms with Crippen LogP contribution in [0.1, 0.15) is 31.2 Å². The quantitative estimate of drug-likeness (QED) is 0.788. The number of carboxylic acid groups (broad SMARTS) is 1. The van der Waals surface area contributed by atoms with Gasteiger partial charge >= 0.3 is 5.97 Å². The van der Waals surface area contributed by atoms with Gasteiger partial charge in [0, 0.05) is 10.9 Å². The Kier molecular flexibility index (Phi) is 4.10. The molecule has 0 aliphatic rings. The minimum Gasteiger partial charge on any atom is -0.480 e. The molecule has 1 rings (SSSR count). The van der Waals surface area contributed by atoms with Gasteiger partial charge in [-0.05, 0) is 24.8 Å². The predicted octanol–water partition coefficient (Wildman–Crippen LogP) is 2.26. The van der Waals surface area contributed by atoms with E-state index in [9.17, 15) is 4.79 Å². The fourth-order valence-electron chi connectivity index (χ4n) is 1.29. The Balaban J connectivity index is 2.55.